The van der Waals surface area contributed by atoms with Gasteiger partial charge in [-0.2, -0.15) is 13.9 Å². The number of ether oxygens (including phenoxy) is 2. The minimum atomic E-state index is -2.96. The molecule has 0 aliphatic carbocycles. The molecule has 0 radical (unpaired) electrons. The number of aromatic nitrogens is 4. The number of nitrogens with zero attached hydrogens (tertiary/aromatic N) is 3. The summed E-state index contributed by atoms with van der Waals surface area (Å²) >= 11 is 0. The van der Waals surface area contributed by atoms with Gasteiger partial charge in [-0.05, 0) is 25.1 Å². The standard InChI is InChI=1S/C15H14F2N4O3/c1-3-23-11-6-8(4-5-10(11)24-15(16)17)13-19-9-7-18-21(2)12(9)14(22)20-13/h4-7,15H,3H2,1-2H3,(H,19,20,22). The predicted octanol–water partition coefficient (Wildman–Crippen LogP) is 2.32. The third-order valence-corrected chi connectivity index (χ3v) is 3.33. The number of alkyl halides is 2. The quantitative estimate of drug-likeness (QED) is 0.773. The summed E-state index contributed by atoms with van der Waals surface area (Å²) in [5, 5.41) is 3.99. The molecular formula is C15H14F2N4O3. The summed E-state index contributed by atoms with van der Waals surface area (Å²) in [6.07, 6.45) is 1.48. The van der Waals surface area contributed by atoms with Crippen LogP contribution in [-0.2, 0) is 7.05 Å². The van der Waals surface area contributed by atoms with Gasteiger partial charge in [0.15, 0.2) is 17.0 Å². The van der Waals surface area contributed by atoms with E-state index in [1.54, 1.807) is 14.0 Å². The van der Waals surface area contributed by atoms with Gasteiger partial charge in [0.1, 0.15) is 11.3 Å². The molecule has 0 aliphatic rings. The largest absolute Gasteiger partial charge is 0.490 e. The van der Waals surface area contributed by atoms with E-state index in [2.05, 4.69) is 19.8 Å². The van der Waals surface area contributed by atoms with Gasteiger partial charge >= 0.3 is 6.61 Å². The Morgan fingerprint density at radius 1 is 1.33 bits per heavy atom. The summed E-state index contributed by atoms with van der Waals surface area (Å²) in [4.78, 5) is 19.2. The second-order valence-corrected chi connectivity index (χ2v) is 4.89. The molecule has 0 fully saturated rings. The van der Waals surface area contributed by atoms with Crippen LogP contribution in [0.3, 0.4) is 0 Å². The number of nitrogens with one attached hydrogen (secondary N) is 1. The Labute approximate surface area is 134 Å². The summed E-state index contributed by atoms with van der Waals surface area (Å²) in [7, 11) is 1.64. The average Bonchev–Trinajstić information content (AvgIpc) is 2.90. The van der Waals surface area contributed by atoms with Gasteiger partial charge in [-0.1, -0.05) is 0 Å². The van der Waals surface area contributed by atoms with E-state index in [-0.39, 0.29) is 29.5 Å². The van der Waals surface area contributed by atoms with E-state index >= 15 is 0 Å². The average molecular weight is 336 g/mol. The molecule has 3 aromatic rings. The minimum Gasteiger partial charge on any atom is -0.490 e. The van der Waals surface area contributed by atoms with Crippen LogP contribution in [0.25, 0.3) is 22.4 Å². The number of benzene rings is 1. The van der Waals surface area contributed by atoms with Crippen molar-refractivity contribution >= 4 is 11.0 Å². The van der Waals surface area contributed by atoms with Crippen LogP contribution in [-0.4, -0.2) is 33.0 Å². The second kappa shape index (κ2) is 6.26. The van der Waals surface area contributed by atoms with Crippen molar-refractivity contribution in [1.29, 1.82) is 0 Å². The molecule has 9 heteroatoms. The first kappa shape index (κ1) is 15.9. The number of aryl methyl sites for hydroxylation is 1. The van der Waals surface area contributed by atoms with Crippen LogP contribution in [0.5, 0.6) is 11.5 Å². The maximum absolute atomic E-state index is 12.4. The fourth-order valence-corrected chi connectivity index (χ4v) is 2.34. The molecule has 0 saturated heterocycles. The van der Waals surface area contributed by atoms with E-state index in [1.807, 2.05) is 0 Å². The highest BCUT2D eigenvalue weighted by molar-refractivity contribution is 5.75. The van der Waals surface area contributed by atoms with Crippen LogP contribution in [0.15, 0.2) is 29.2 Å². The van der Waals surface area contributed by atoms with Crippen LogP contribution in [0.1, 0.15) is 6.92 Å². The van der Waals surface area contributed by atoms with E-state index in [0.29, 0.717) is 16.6 Å². The molecule has 126 valence electrons. The van der Waals surface area contributed by atoms with E-state index in [1.165, 1.54) is 29.1 Å². The number of aromatic amines is 1. The summed E-state index contributed by atoms with van der Waals surface area (Å²) in [5.74, 6) is 0.342. The fourth-order valence-electron chi connectivity index (χ4n) is 2.34. The van der Waals surface area contributed by atoms with Crippen molar-refractivity contribution in [1.82, 2.24) is 19.7 Å². The van der Waals surface area contributed by atoms with Gasteiger partial charge in [0.05, 0.1) is 12.8 Å². The fraction of sp³-hybridized carbons (Fsp3) is 0.267. The number of hydrogen-bond donors (Lipinski definition) is 1. The Bertz CT molecular complexity index is 936. The highest BCUT2D eigenvalue weighted by Crippen LogP contribution is 2.32. The smallest absolute Gasteiger partial charge is 0.387 e. The zero-order chi connectivity index (χ0) is 17.3. The summed E-state index contributed by atoms with van der Waals surface area (Å²) in [5.41, 5.74) is 0.937. The van der Waals surface area contributed by atoms with E-state index in [0.717, 1.165) is 0 Å². The lowest BCUT2D eigenvalue weighted by Crippen LogP contribution is -2.12. The Kier molecular flexibility index (Phi) is 4.15. The molecule has 0 unspecified atom stereocenters. The van der Waals surface area contributed by atoms with Gasteiger partial charge in [-0.25, -0.2) is 4.98 Å². The number of halogens is 2. The summed E-state index contributed by atoms with van der Waals surface area (Å²) in [6, 6.07) is 4.35. The van der Waals surface area contributed by atoms with Crippen molar-refractivity contribution in [3.8, 4) is 22.9 Å². The molecule has 2 aromatic heterocycles. The Morgan fingerprint density at radius 3 is 2.83 bits per heavy atom. The number of fused-ring (bicyclic) bond motifs is 1. The van der Waals surface area contributed by atoms with Gasteiger partial charge in [-0.3, -0.25) is 9.48 Å². The van der Waals surface area contributed by atoms with E-state index in [9.17, 15) is 13.6 Å². The molecule has 7 nitrogen and oxygen atoms in total. The zero-order valence-corrected chi connectivity index (χ0v) is 12.9. The third-order valence-electron chi connectivity index (χ3n) is 3.33. The topological polar surface area (TPSA) is 82.0 Å². The van der Waals surface area contributed by atoms with Crippen molar-refractivity contribution in [2.24, 2.45) is 7.05 Å². The molecule has 1 N–H and O–H groups in total. The zero-order valence-electron chi connectivity index (χ0n) is 12.9. The molecule has 0 aliphatic heterocycles. The molecule has 0 atom stereocenters. The van der Waals surface area contributed by atoms with Crippen molar-refractivity contribution in [2.75, 3.05) is 6.61 Å². The van der Waals surface area contributed by atoms with Crippen molar-refractivity contribution in [3.05, 3.63) is 34.7 Å². The Morgan fingerprint density at radius 2 is 2.12 bits per heavy atom. The van der Waals surface area contributed by atoms with E-state index < -0.39 is 6.61 Å². The van der Waals surface area contributed by atoms with Crippen LogP contribution in [0.2, 0.25) is 0 Å². The summed E-state index contributed by atoms with van der Waals surface area (Å²) in [6.45, 7) is -0.963. The predicted molar refractivity (Wildman–Crippen MR) is 82.4 cm³/mol. The third kappa shape index (κ3) is 2.92. The molecule has 0 bridgehead atoms. The number of H-pyrrole nitrogens is 1. The lowest BCUT2D eigenvalue weighted by atomic mass is 10.2. The maximum atomic E-state index is 12.4. The van der Waals surface area contributed by atoms with Crippen molar-refractivity contribution < 1.29 is 18.3 Å². The lowest BCUT2D eigenvalue weighted by molar-refractivity contribution is -0.0514. The summed E-state index contributed by atoms with van der Waals surface area (Å²) < 4.78 is 36.1. The molecule has 3 rings (SSSR count). The van der Waals surface area contributed by atoms with E-state index in [4.69, 9.17) is 4.74 Å². The Balaban J connectivity index is 2.09. The van der Waals surface area contributed by atoms with Crippen LogP contribution >= 0.6 is 0 Å². The molecule has 0 amide bonds. The first-order valence-electron chi connectivity index (χ1n) is 7.13. The highest BCUT2D eigenvalue weighted by atomic mass is 19.3. The molecule has 2 heterocycles. The van der Waals surface area contributed by atoms with Gasteiger partial charge in [0.2, 0.25) is 0 Å². The van der Waals surface area contributed by atoms with Crippen LogP contribution in [0.4, 0.5) is 8.78 Å². The lowest BCUT2D eigenvalue weighted by Gasteiger charge is -2.12. The monoisotopic (exact) mass is 336 g/mol. The molecule has 0 spiro atoms. The van der Waals surface area contributed by atoms with Gasteiger partial charge in [0, 0.05) is 12.6 Å². The molecule has 1 aromatic carbocycles. The molecule has 0 saturated carbocycles. The minimum absolute atomic E-state index is 0.0830. The first-order chi connectivity index (χ1) is 11.5. The number of rotatable bonds is 5. The van der Waals surface area contributed by atoms with Crippen LogP contribution < -0.4 is 15.0 Å². The van der Waals surface area contributed by atoms with Crippen molar-refractivity contribution in [3.63, 3.8) is 0 Å². The SMILES string of the molecule is CCOc1cc(-c2nc3cnn(C)c3c(=O)[nH]2)ccc1OC(F)F. The van der Waals surface area contributed by atoms with Gasteiger partial charge < -0.3 is 14.5 Å². The number of hydrogen-bond acceptors (Lipinski definition) is 5. The van der Waals surface area contributed by atoms with Gasteiger partial charge in [-0.15, -0.1) is 0 Å². The normalized spacial score (nSPS) is 11.2. The molecule has 24 heavy (non-hydrogen) atoms. The maximum Gasteiger partial charge on any atom is 0.387 e. The van der Waals surface area contributed by atoms with Gasteiger partial charge in [0.25, 0.3) is 5.56 Å². The molecular weight excluding hydrogens is 322 g/mol. The van der Waals surface area contributed by atoms with Crippen LogP contribution in [0, 0.1) is 0 Å². The Hall–Kier alpha value is -2.97. The van der Waals surface area contributed by atoms with Crippen molar-refractivity contribution in [2.45, 2.75) is 13.5 Å². The second-order valence-electron chi connectivity index (χ2n) is 4.89. The first-order valence-corrected chi connectivity index (χ1v) is 7.13. The highest BCUT2D eigenvalue weighted by Gasteiger charge is 2.15.